The molecule has 0 aliphatic heterocycles. The Morgan fingerprint density at radius 1 is 1.16 bits per heavy atom. The number of benzene rings is 2. The molecular weight excluding hydrogens is 357 g/mol. The van der Waals surface area contributed by atoms with Gasteiger partial charge < -0.3 is 15.0 Å². The lowest BCUT2D eigenvalue weighted by molar-refractivity contribution is 0.335. The molecule has 3 rings (SSSR count). The van der Waals surface area contributed by atoms with E-state index in [1.165, 1.54) is 0 Å². The summed E-state index contributed by atoms with van der Waals surface area (Å²) in [7, 11) is 0. The summed E-state index contributed by atoms with van der Waals surface area (Å²) in [5.74, 6) is 0.868. The van der Waals surface area contributed by atoms with Gasteiger partial charge in [0.1, 0.15) is 5.75 Å². The molecule has 3 aromatic rings. The molecule has 0 unspecified atom stereocenters. The zero-order chi connectivity index (χ0) is 17.8. The summed E-state index contributed by atoms with van der Waals surface area (Å²) in [5, 5.41) is 1.15. The number of nitrogens with two attached hydrogens (primary N) is 1. The summed E-state index contributed by atoms with van der Waals surface area (Å²) in [4.78, 5) is 4.53. The third-order valence-electron chi connectivity index (χ3n) is 3.94. The van der Waals surface area contributed by atoms with Crippen LogP contribution < -0.4 is 10.5 Å². The number of aromatic nitrogens is 2. The molecule has 4 nitrogen and oxygen atoms in total. The van der Waals surface area contributed by atoms with Crippen LogP contribution in [0.1, 0.15) is 18.2 Å². The Bertz CT molecular complexity index is 877. The van der Waals surface area contributed by atoms with Gasteiger partial charge in [-0.05, 0) is 31.2 Å². The highest BCUT2D eigenvalue weighted by atomic mass is 35.5. The van der Waals surface area contributed by atoms with E-state index in [-0.39, 0.29) is 0 Å². The highest BCUT2D eigenvalue weighted by molar-refractivity contribution is 6.36. The normalized spacial score (nSPS) is 10.9. The third-order valence-corrected chi connectivity index (χ3v) is 4.49. The second-order valence-electron chi connectivity index (χ2n) is 5.54. The van der Waals surface area contributed by atoms with Crippen molar-refractivity contribution in [1.29, 1.82) is 0 Å². The minimum absolute atomic E-state index is 0.352. The number of nitrogens with zero attached hydrogens (tertiary/aromatic N) is 2. The van der Waals surface area contributed by atoms with Crippen LogP contribution in [0.2, 0.25) is 10.0 Å². The molecule has 25 heavy (non-hydrogen) atoms. The summed E-state index contributed by atoms with van der Waals surface area (Å²) in [6, 6.07) is 13.3. The molecule has 0 amide bonds. The Balaban J connectivity index is 1.98. The summed E-state index contributed by atoms with van der Waals surface area (Å²) >= 11 is 12.3. The van der Waals surface area contributed by atoms with E-state index in [1.807, 2.05) is 41.8 Å². The van der Waals surface area contributed by atoms with Gasteiger partial charge in [-0.15, -0.1) is 0 Å². The fraction of sp³-hybridized carbons (Fsp3) is 0.211. The molecular formula is C19H19Cl2N3O. The van der Waals surface area contributed by atoms with Crippen molar-refractivity contribution in [2.45, 2.75) is 20.0 Å². The smallest absolute Gasteiger partial charge is 0.124 e. The van der Waals surface area contributed by atoms with Crippen LogP contribution in [0.5, 0.6) is 5.75 Å². The Labute approximate surface area is 157 Å². The van der Waals surface area contributed by atoms with Gasteiger partial charge in [0, 0.05) is 22.7 Å². The van der Waals surface area contributed by atoms with Gasteiger partial charge in [-0.2, -0.15) is 0 Å². The van der Waals surface area contributed by atoms with Gasteiger partial charge in [-0.3, -0.25) is 0 Å². The molecule has 2 N–H and O–H groups in total. The minimum atomic E-state index is 0.352. The van der Waals surface area contributed by atoms with Crippen LogP contribution in [0.25, 0.3) is 11.3 Å². The highest BCUT2D eigenvalue weighted by Crippen LogP contribution is 2.32. The number of hydrogen-bond acceptors (Lipinski definition) is 3. The molecule has 0 radical (unpaired) electrons. The summed E-state index contributed by atoms with van der Waals surface area (Å²) in [6.45, 7) is 3.57. The predicted molar refractivity (Wildman–Crippen MR) is 102 cm³/mol. The molecule has 0 saturated heterocycles. The first-order chi connectivity index (χ1) is 12.1. The van der Waals surface area contributed by atoms with E-state index >= 15 is 0 Å². The maximum absolute atomic E-state index is 6.33. The Morgan fingerprint density at radius 2 is 1.96 bits per heavy atom. The molecule has 0 aliphatic rings. The standard InChI is InChI=1S/C19H19Cl2N3O/c1-2-25-18-6-4-3-5-13(18)11-24-12-23-19(17(24)10-22)15-8-7-14(20)9-16(15)21/h3-9,12H,2,10-11,22H2,1H3. The molecule has 2 aromatic carbocycles. The van der Waals surface area contributed by atoms with E-state index in [2.05, 4.69) is 4.98 Å². The lowest BCUT2D eigenvalue weighted by Crippen LogP contribution is -2.09. The van der Waals surface area contributed by atoms with Gasteiger partial charge in [0.15, 0.2) is 0 Å². The van der Waals surface area contributed by atoms with Gasteiger partial charge in [0.2, 0.25) is 0 Å². The predicted octanol–water partition coefficient (Wildman–Crippen LogP) is 4.76. The monoisotopic (exact) mass is 375 g/mol. The quantitative estimate of drug-likeness (QED) is 0.675. The summed E-state index contributed by atoms with van der Waals surface area (Å²) in [5.41, 5.74) is 9.59. The molecule has 0 bridgehead atoms. The molecule has 0 atom stereocenters. The summed E-state index contributed by atoms with van der Waals surface area (Å²) in [6.07, 6.45) is 1.78. The van der Waals surface area contributed by atoms with Crippen molar-refractivity contribution in [3.63, 3.8) is 0 Å². The van der Waals surface area contributed by atoms with Crippen LogP contribution >= 0.6 is 23.2 Å². The van der Waals surface area contributed by atoms with Crippen LogP contribution in [0.15, 0.2) is 48.8 Å². The van der Waals surface area contributed by atoms with Gasteiger partial charge in [0.05, 0.1) is 35.9 Å². The number of imidazole rings is 1. The average Bonchev–Trinajstić information content (AvgIpc) is 2.99. The van der Waals surface area contributed by atoms with E-state index in [0.29, 0.717) is 29.7 Å². The van der Waals surface area contributed by atoms with Gasteiger partial charge in [0.25, 0.3) is 0 Å². The number of ether oxygens (including phenoxy) is 1. The molecule has 0 spiro atoms. The first kappa shape index (κ1) is 17.8. The van der Waals surface area contributed by atoms with E-state index in [1.54, 1.807) is 18.5 Å². The first-order valence-electron chi connectivity index (χ1n) is 8.04. The van der Waals surface area contributed by atoms with E-state index in [9.17, 15) is 0 Å². The summed E-state index contributed by atoms with van der Waals surface area (Å²) < 4.78 is 7.73. The Hall–Kier alpha value is -2.01. The maximum Gasteiger partial charge on any atom is 0.124 e. The number of rotatable bonds is 6. The Morgan fingerprint density at radius 3 is 2.68 bits per heavy atom. The minimum Gasteiger partial charge on any atom is -0.494 e. The lowest BCUT2D eigenvalue weighted by Gasteiger charge is -2.13. The van der Waals surface area contributed by atoms with Crippen molar-refractivity contribution >= 4 is 23.2 Å². The van der Waals surface area contributed by atoms with Crippen molar-refractivity contribution in [1.82, 2.24) is 9.55 Å². The molecule has 0 aliphatic carbocycles. The zero-order valence-corrected chi connectivity index (χ0v) is 15.4. The maximum atomic E-state index is 6.33. The molecule has 6 heteroatoms. The fourth-order valence-electron chi connectivity index (χ4n) is 2.78. The van der Waals surface area contributed by atoms with E-state index < -0.39 is 0 Å². The van der Waals surface area contributed by atoms with Crippen molar-refractivity contribution in [2.75, 3.05) is 6.61 Å². The third kappa shape index (κ3) is 3.82. The van der Waals surface area contributed by atoms with Crippen LogP contribution in [0, 0.1) is 0 Å². The fourth-order valence-corrected chi connectivity index (χ4v) is 3.28. The van der Waals surface area contributed by atoms with Gasteiger partial charge >= 0.3 is 0 Å². The molecule has 1 heterocycles. The van der Waals surface area contributed by atoms with Crippen molar-refractivity contribution in [3.8, 4) is 17.0 Å². The molecule has 130 valence electrons. The SMILES string of the molecule is CCOc1ccccc1Cn1cnc(-c2ccc(Cl)cc2Cl)c1CN. The van der Waals surface area contributed by atoms with Gasteiger partial charge in [-0.1, -0.05) is 41.4 Å². The largest absolute Gasteiger partial charge is 0.494 e. The van der Waals surface area contributed by atoms with Crippen LogP contribution in [0.3, 0.4) is 0 Å². The average molecular weight is 376 g/mol. The molecule has 0 fully saturated rings. The van der Waals surface area contributed by atoms with Crippen LogP contribution in [-0.2, 0) is 13.1 Å². The topological polar surface area (TPSA) is 53.1 Å². The second kappa shape index (κ2) is 7.91. The first-order valence-corrected chi connectivity index (χ1v) is 8.79. The van der Waals surface area contributed by atoms with Crippen LogP contribution in [0.4, 0.5) is 0 Å². The van der Waals surface area contributed by atoms with Crippen molar-refractivity contribution < 1.29 is 4.74 Å². The van der Waals surface area contributed by atoms with E-state index in [4.69, 9.17) is 33.7 Å². The number of para-hydroxylation sites is 1. The number of halogens is 2. The van der Waals surface area contributed by atoms with Crippen molar-refractivity contribution in [3.05, 3.63) is 70.1 Å². The number of hydrogen-bond donors (Lipinski definition) is 1. The molecule has 1 aromatic heterocycles. The second-order valence-corrected chi connectivity index (χ2v) is 6.38. The zero-order valence-electron chi connectivity index (χ0n) is 13.9. The van der Waals surface area contributed by atoms with Crippen LogP contribution in [-0.4, -0.2) is 16.2 Å². The lowest BCUT2D eigenvalue weighted by atomic mass is 10.1. The molecule has 0 saturated carbocycles. The van der Waals surface area contributed by atoms with Gasteiger partial charge in [-0.25, -0.2) is 4.98 Å². The highest BCUT2D eigenvalue weighted by Gasteiger charge is 2.15. The van der Waals surface area contributed by atoms with Crippen molar-refractivity contribution in [2.24, 2.45) is 5.73 Å². The Kier molecular flexibility index (Phi) is 5.63. The van der Waals surface area contributed by atoms with E-state index in [0.717, 1.165) is 28.3 Å².